The molecule has 0 spiro atoms. The second kappa shape index (κ2) is 11.2. The molecule has 0 aliphatic heterocycles. The summed E-state index contributed by atoms with van der Waals surface area (Å²) < 4.78 is 38.0. The average Bonchev–Trinajstić information content (AvgIpc) is 3.08. The second-order valence-corrected chi connectivity index (χ2v) is 7.89. The van der Waals surface area contributed by atoms with Crippen molar-refractivity contribution < 1.29 is 18.0 Å². The Morgan fingerprint density at radius 1 is 1.36 bits per heavy atom. The number of carbonyl (C=O) groups is 1. The number of carbonyl (C=O) groups excluding carboxylic acids is 1. The summed E-state index contributed by atoms with van der Waals surface area (Å²) in [6, 6.07) is 0.224. The van der Waals surface area contributed by atoms with E-state index in [2.05, 4.69) is 27.5 Å². The van der Waals surface area contributed by atoms with Crippen LogP contribution in [0, 0.1) is 5.92 Å². The molecule has 28 heavy (non-hydrogen) atoms. The van der Waals surface area contributed by atoms with Crippen LogP contribution in [0.15, 0.2) is 10.4 Å². The fraction of sp³-hybridized carbons (Fsp3) is 0.706. The van der Waals surface area contributed by atoms with Gasteiger partial charge in [-0.25, -0.2) is 9.98 Å². The van der Waals surface area contributed by atoms with E-state index in [-0.39, 0.29) is 49.0 Å². The van der Waals surface area contributed by atoms with Gasteiger partial charge in [0.25, 0.3) is 0 Å². The number of hydrogen-bond acceptors (Lipinski definition) is 4. The Morgan fingerprint density at radius 3 is 2.61 bits per heavy atom. The number of hydrogen-bond donors (Lipinski definition) is 2. The van der Waals surface area contributed by atoms with E-state index in [1.165, 1.54) is 11.3 Å². The van der Waals surface area contributed by atoms with Crippen molar-refractivity contribution in [3.05, 3.63) is 16.1 Å². The molecule has 1 aromatic heterocycles. The third-order valence-electron chi connectivity index (χ3n) is 4.55. The monoisotopic (exact) mass is 533 g/mol. The summed E-state index contributed by atoms with van der Waals surface area (Å²) in [4.78, 5) is 21.2. The number of thiazole rings is 1. The van der Waals surface area contributed by atoms with E-state index >= 15 is 0 Å². The zero-order valence-corrected chi connectivity index (χ0v) is 19.3. The van der Waals surface area contributed by atoms with Crippen LogP contribution in [0.3, 0.4) is 0 Å². The molecule has 1 amide bonds. The van der Waals surface area contributed by atoms with Crippen LogP contribution in [0.25, 0.3) is 0 Å². The number of nitrogens with zero attached hydrogens (tertiary/aromatic N) is 3. The maximum Gasteiger partial charge on any atom is 0.434 e. The largest absolute Gasteiger partial charge is 0.434 e. The molecule has 0 saturated heterocycles. The van der Waals surface area contributed by atoms with Gasteiger partial charge in [-0.05, 0) is 18.8 Å². The van der Waals surface area contributed by atoms with Crippen molar-refractivity contribution in [2.45, 2.75) is 51.4 Å². The Morgan fingerprint density at radius 2 is 2.04 bits per heavy atom. The Bertz CT molecular complexity index is 665. The van der Waals surface area contributed by atoms with Crippen molar-refractivity contribution in [3.63, 3.8) is 0 Å². The van der Waals surface area contributed by atoms with Crippen LogP contribution in [-0.4, -0.2) is 48.4 Å². The zero-order valence-electron chi connectivity index (χ0n) is 16.2. The molecule has 1 fully saturated rings. The second-order valence-electron chi connectivity index (χ2n) is 6.94. The number of rotatable bonds is 5. The molecular weight excluding hydrogens is 506 g/mol. The first-order valence-corrected chi connectivity index (χ1v) is 9.81. The van der Waals surface area contributed by atoms with Gasteiger partial charge >= 0.3 is 6.18 Å². The number of guanidine groups is 1. The van der Waals surface area contributed by atoms with Crippen molar-refractivity contribution in [3.8, 4) is 0 Å². The minimum absolute atomic E-state index is 0. The van der Waals surface area contributed by atoms with Gasteiger partial charge in [0, 0.05) is 25.5 Å². The summed E-state index contributed by atoms with van der Waals surface area (Å²) in [7, 11) is 3.30. The minimum Gasteiger partial charge on any atom is -0.353 e. The Kier molecular flexibility index (Phi) is 9.95. The summed E-state index contributed by atoms with van der Waals surface area (Å²) in [5.74, 6) is 0.737. The average molecular weight is 533 g/mol. The highest BCUT2D eigenvalue weighted by atomic mass is 127. The fourth-order valence-electron chi connectivity index (χ4n) is 2.83. The van der Waals surface area contributed by atoms with Gasteiger partial charge in [-0.15, -0.1) is 35.3 Å². The van der Waals surface area contributed by atoms with Crippen molar-refractivity contribution in [2.75, 3.05) is 20.6 Å². The lowest BCUT2D eigenvalue weighted by Crippen LogP contribution is -2.47. The van der Waals surface area contributed by atoms with Crippen LogP contribution < -0.4 is 10.6 Å². The Balaban J connectivity index is 0.00000392. The van der Waals surface area contributed by atoms with Gasteiger partial charge in [-0.3, -0.25) is 4.79 Å². The van der Waals surface area contributed by atoms with Crippen molar-refractivity contribution in [1.29, 1.82) is 0 Å². The van der Waals surface area contributed by atoms with Crippen molar-refractivity contribution in [2.24, 2.45) is 10.9 Å². The van der Waals surface area contributed by atoms with E-state index in [1.54, 1.807) is 14.1 Å². The molecule has 6 nitrogen and oxygen atoms in total. The standard InChI is InChI=1S/C17H26F3N5OS.HI/c1-11-6-4-5-7-12(11)23-16(22-9-15(26)25(2)3)21-8-14-24-13(10-27-14)17(18,19)20;/h10-12H,4-9H2,1-3H3,(H2,21,22,23);1H. The van der Waals surface area contributed by atoms with Gasteiger partial charge in [0.15, 0.2) is 11.7 Å². The maximum absolute atomic E-state index is 12.7. The van der Waals surface area contributed by atoms with Crippen LogP contribution in [0.5, 0.6) is 0 Å². The molecule has 0 radical (unpaired) electrons. The quantitative estimate of drug-likeness (QED) is 0.346. The zero-order chi connectivity index (χ0) is 20.0. The minimum atomic E-state index is -4.44. The third kappa shape index (κ3) is 7.72. The Labute approximate surface area is 184 Å². The van der Waals surface area contributed by atoms with Crippen molar-refractivity contribution >= 4 is 47.2 Å². The van der Waals surface area contributed by atoms with Crippen LogP contribution in [0.2, 0.25) is 0 Å². The van der Waals surface area contributed by atoms with Gasteiger partial charge in [-0.2, -0.15) is 13.2 Å². The number of alkyl halides is 3. The first kappa shape index (κ1) is 24.9. The summed E-state index contributed by atoms with van der Waals surface area (Å²) >= 11 is 0.943. The van der Waals surface area contributed by atoms with Crippen LogP contribution in [0.4, 0.5) is 13.2 Å². The highest BCUT2D eigenvalue weighted by molar-refractivity contribution is 14.0. The van der Waals surface area contributed by atoms with Crippen LogP contribution in [0.1, 0.15) is 43.3 Å². The van der Waals surface area contributed by atoms with Gasteiger partial charge in [-0.1, -0.05) is 19.8 Å². The molecule has 2 N–H and O–H groups in total. The molecule has 2 rings (SSSR count). The van der Waals surface area contributed by atoms with Crippen molar-refractivity contribution in [1.82, 2.24) is 20.5 Å². The highest BCUT2D eigenvalue weighted by Crippen LogP contribution is 2.30. The third-order valence-corrected chi connectivity index (χ3v) is 5.40. The summed E-state index contributed by atoms with van der Waals surface area (Å²) in [6.45, 7) is 2.24. The number of halogens is 4. The number of aliphatic imine (C=N–C) groups is 1. The lowest BCUT2D eigenvalue weighted by atomic mass is 9.86. The predicted octanol–water partition coefficient (Wildman–Crippen LogP) is 3.48. The van der Waals surface area contributed by atoms with E-state index < -0.39 is 11.9 Å². The summed E-state index contributed by atoms with van der Waals surface area (Å²) in [5.41, 5.74) is -0.889. The molecule has 1 aliphatic rings. The molecule has 0 bridgehead atoms. The fourth-order valence-corrected chi connectivity index (χ4v) is 3.57. The maximum atomic E-state index is 12.7. The SMILES string of the molecule is CC1CCCCC1NC(=NCC(=O)N(C)C)NCc1nc(C(F)(F)F)cs1.I. The molecule has 2 unspecified atom stereocenters. The molecule has 1 aliphatic carbocycles. The van der Waals surface area contributed by atoms with Gasteiger partial charge < -0.3 is 15.5 Å². The number of likely N-dealkylation sites (N-methyl/N-ethyl adjacent to an activating group) is 1. The molecule has 11 heteroatoms. The normalized spacial score (nSPS) is 20.3. The number of amides is 1. The molecule has 2 atom stereocenters. The lowest BCUT2D eigenvalue weighted by molar-refractivity contribution is -0.140. The molecule has 1 saturated carbocycles. The number of nitrogens with one attached hydrogen (secondary N) is 2. The number of aromatic nitrogens is 1. The molecular formula is C17H27F3IN5OS. The molecule has 1 aromatic rings. The van der Waals surface area contributed by atoms with E-state index in [0.717, 1.165) is 36.0 Å². The van der Waals surface area contributed by atoms with E-state index in [0.29, 0.717) is 16.9 Å². The van der Waals surface area contributed by atoms with Crippen LogP contribution in [-0.2, 0) is 17.5 Å². The first-order chi connectivity index (χ1) is 12.7. The molecule has 0 aromatic carbocycles. The topological polar surface area (TPSA) is 69.6 Å². The molecule has 1 heterocycles. The Hall–Kier alpha value is -1.11. The van der Waals surface area contributed by atoms with Gasteiger partial charge in [0.1, 0.15) is 11.6 Å². The van der Waals surface area contributed by atoms with Crippen LogP contribution >= 0.6 is 35.3 Å². The first-order valence-electron chi connectivity index (χ1n) is 8.93. The molecule has 160 valence electrons. The summed E-state index contributed by atoms with van der Waals surface area (Å²) in [6.07, 6.45) is -0.0212. The predicted molar refractivity (Wildman–Crippen MR) is 115 cm³/mol. The lowest BCUT2D eigenvalue weighted by Gasteiger charge is -2.30. The van der Waals surface area contributed by atoms with E-state index in [1.807, 2.05) is 0 Å². The van der Waals surface area contributed by atoms with E-state index in [9.17, 15) is 18.0 Å². The van der Waals surface area contributed by atoms with E-state index in [4.69, 9.17) is 0 Å². The van der Waals surface area contributed by atoms with Gasteiger partial charge in [0.2, 0.25) is 5.91 Å². The van der Waals surface area contributed by atoms with Gasteiger partial charge in [0.05, 0.1) is 6.54 Å². The summed E-state index contributed by atoms with van der Waals surface area (Å²) in [5, 5.41) is 7.65. The highest BCUT2D eigenvalue weighted by Gasteiger charge is 2.33. The smallest absolute Gasteiger partial charge is 0.353 e.